The summed E-state index contributed by atoms with van der Waals surface area (Å²) in [6, 6.07) is 0. The lowest BCUT2D eigenvalue weighted by Gasteiger charge is -2.18. The van der Waals surface area contributed by atoms with Gasteiger partial charge in [0.15, 0.2) is 6.10 Å². The number of carbonyl (C=O) groups is 3. The summed E-state index contributed by atoms with van der Waals surface area (Å²) < 4.78 is 16.7. The van der Waals surface area contributed by atoms with Crippen LogP contribution < -0.4 is 0 Å². The number of hydrogen-bond acceptors (Lipinski definition) is 6. The zero-order valence-corrected chi connectivity index (χ0v) is 37.6. The normalized spacial score (nSPS) is 12.5. The first-order valence-corrected chi connectivity index (χ1v) is 24.3. The Balaban J connectivity index is 4.22. The Bertz CT molecular complexity index is 841. The monoisotopic (exact) mass is 779 g/mol. The van der Waals surface area contributed by atoms with E-state index in [2.05, 4.69) is 34.6 Å². The van der Waals surface area contributed by atoms with Crippen LogP contribution in [0.2, 0.25) is 0 Å². The molecule has 6 nitrogen and oxygen atoms in total. The molecule has 0 saturated carbocycles. The van der Waals surface area contributed by atoms with Crippen molar-refractivity contribution in [2.24, 2.45) is 11.8 Å². The SMILES string of the molecule is CCCCCCCCCCCC(=O)O[C@@H](COC(=O)CCCCCCCCCCCCCCCCCC(C)C)COC(=O)CCCCCCCCC(C)CC. The van der Waals surface area contributed by atoms with Gasteiger partial charge in [-0.3, -0.25) is 14.4 Å². The largest absolute Gasteiger partial charge is 0.462 e. The molecule has 0 radical (unpaired) electrons. The minimum absolute atomic E-state index is 0.0649. The third-order valence-electron chi connectivity index (χ3n) is 11.3. The highest BCUT2D eigenvalue weighted by atomic mass is 16.6. The first kappa shape index (κ1) is 53.4. The molecule has 0 aliphatic heterocycles. The average Bonchev–Trinajstić information content (AvgIpc) is 3.17. The van der Waals surface area contributed by atoms with Gasteiger partial charge in [-0.15, -0.1) is 0 Å². The predicted octanol–water partition coefficient (Wildman–Crippen LogP) is 15.4. The van der Waals surface area contributed by atoms with E-state index in [0.29, 0.717) is 19.3 Å². The summed E-state index contributed by atoms with van der Waals surface area (Å²) >= 11 is 0. The molecule has 0 fully saturated rings. The summed E-state index contributed by atoms with van der Waals surface area (Å²) in [4.78, 5) is 37.7. The lowest BCUT2D eigenvalue weighted by Crippen LogP contribution is -2.30. The second-order valence-corrected chi connectivity index (χ2v) is 17.5. The minimum atomic E-state index is -0.760. The molecule has 0 aliphatic rings. The number of esters is 3. The number of rotatable bonds is 43. The fourth-order valence-corrected chi connectivity index (χ4v) is 7.25. The van der Waals surface area contributed by atoms with Crippen LogP contribution in [0.5, 0.6) is 0 Å². The van der Waals surface area contributed by atoms with Gasteiger partial charge in [0, 0.05) is 19.3 Å². The highest BCUT2D eigenvalue weighted by Gasteiger charge is 2.19. The van der Waals surface area contributed by atoms with Gasteiger partial charge in [0.05, 0.1) is 0 Å². The number of unbranched alkanes of at least 4 members (excludes halogenated alkanes) is 27. The van der Waals surface area contributed by atoms with Crippen LogP contribution >= 0.6 is 0 Å². The van der Waals surface area contributed by atoms with E-state index in [9.17, 15) is 14.4 Å². The molecular weight excluding hydrogens is 685 g/mol. The van der Waals surface area contributed by atoms with Crippen LogP contribution in [-0.2, 0) is 28.6 Å². The zero-order valence-electron chi connectivity index (χ0n) is 37.6. The van der Waals surface area contributed by atoms with Gasteiger partial charge >= 0.3 is 17.9 Å². The lowest BCUT2D eigenvalue weighted by atomic mass is 10.00. The maximum absolute atomic E-state index is 12.7. The molecule has 0 aliphatic carbocycles. The van der Waals surface area contributed by atoms with Crippen LogP contribution in [0.15, 0.2) is 0 Å². The number of hydrogen-bond donors (Lipinski definition) is 0. The molecule has 0 amide bonds. The smallest absolute Gasteiger partial charge is 0.306 e. The summed E-state index contributed by atoms with van der Waals surface area (Å²) in [6.45, 7) is 11.3. The van der Waals surface area contributed by atoms with Crippen molar-refractivity contribution >= 4 is 17.9 Å². The molecule has 0 aromatic carbocycles. The molecule has 0 saturated heterocycles. The average molecular weight is 779 g/mol. The van der Waals surface area contributed by atoms with Crippen molar-refractivity contribution in [1.82, 2.24) is 0 Å². The summed E-state index contributed by atoms with van der Waals surface area (Å²) in [6.07, 6.45) is 40.9. The van der Waals surface area contributed by atoms with Crippen LogP contribution in [0.1, 0.15) is 266 Å². The highest BCUT2D eigenvalue weighted by Crippen LogP contribution is 2.17. The van der Waals surface area contributed by atoms with Gasteiger partial charge in [0.1, 0.15) is 13.2 Å². The lowest BCUT2D eigenvalue weighted by molar-refractivity contribution is -0.167. The first-order chi connectivity index (χ1) is 26.8. The van der Waals surface area contributed by atoms with Crippen molar-refractivity contribution in [2.45, 2.75) is 272 Å². The molecule has 6 heteroatoms. The van der Waals surface area contributed by atoms with E-state index in [1.165, 1.54) is 154 Å². The Morgan fingerprint density at radius 3 is 1.04 bits per heavy atom. The second kappa shape index (κ2) is 42.0. The van der Waals surface area contributed by atoms with Crippen LogP contribution in [0.4, 0.5) is 0 Å². The van der Waals surface area contributed by atoms with Crippen LogP contribution in [0.3, 0.4) is 0 Å². The van der Waals surface area contributed by atoms with Gasteiger partial charge < -0.3 is 14.2 Å². The van der Waals surface area contributed by atoms with Crippen molar-refractivity contribution in [1.29, 1.82) is 0 Å². The molecule has 2 atom stereocenters. The molecule has 0 N–H and O–H groups in total. The molecule has 0 bridgehead atoms. The van der Waals surface area contributed by atoms with E-state index in [1.807, 2.05) is 0 Å². The van der Waals surface area contributed by atoms with Gasteiger partial charge in [0.25, 0.3) is 0 Å². The van der Waals surface area contributed by atoms with E-state index in [-0.39, 0.29) is 31.1 Å². The van der Waals surface area contributed by atoms with Gasteiger partial charge in [-0.05, 0) is 31.1 Å². The van der Waals surface area contributed by atoms with Gasteiger partial charge in [-0.2, -0.15) is 0 Å². The molecule has 0 aromatic rings. The Morgan fingerprint density at radius 2 is 0.691 bits per heavy atom. The predicted molar refractivity (Wildman–Crippen MR) is 233 cm³/mol. The summed E-state index contributed by atoms with van der Waals surface area (Å²) in [7, 11) is 0. The first-order valence-electron chi connectivity index (χ1n) is 24.3. The standard InChI is InChI=1S/C49H94O6/c1-6-8-9-10-11-19-24-31-36-41-49(52)55-46(43-54-48(51)40-35-30-26-25-28-33-38-45(5)7-2)42-53-47(50)39-34-29-23-21-18-16-14-12-13-15-17-20-22-27-32-37-44(3)4/h44-46H,6-43H2,1-5H3/t45?,46-/m0/s1. The fourth-order valence-electron chi connectivity index (χ4n) is 7.25. The summed E-state index contributed by atoms with van der Waals surface area (Å²) in [5, 5.41) is 0. The zero-order chi connectivity index (χ0) is 40.5. The maximum Gasteiger partial charge on any atom is 0.306 e. The van der Waals surface area contributed by atoms with Crippen LogP contribution in [0.25, 0.3) is 0 Å². The molecular formula is C49H94O6. The molecule has 1 unspecified atom stereocenters. The topological polar surface area (TPSA) is 78.9 Å². The molecule has 326 valence electrons. The third-order valence-corrected chi connectivity index (χ3v) is 11.3. The van der Waals surface area contributed by atoms with E-state index in [1.54, 1.807) is 0 Å². The number of ether oxygens (including phenoxy) is 3. The van der Waals surface area contributed by atoms with Gasteiger partial charge in [-0.1, -0.05) is 227 Å². The molecule has 0 aromatic heterocycles. The fraction of sp³-hybridized carbons (Fsp3) is 0.939. The van der Waals surface area contributed by atoms with Crippen LogP contribution in [0, 0.1) is 11.8 Å². The van der Waals surface area contributed by atoms with Crippen molar-refractivity contribution in [3.63, 3.8) is 0 Å². The van der Waals surface area contributed by atoms with Crippen molar-refractivity contribution in [3.8, 4) is 0 Å². The molecule has 0 heterocycles. The minimum Gasteiger partial charge on any atom is -0.462 e. The highest BCUT2D eigenvalue weighted by molar-refractivity contribution is 5.71. The number of carbonyl (C=O) groups excluding carboxylic acids is 3. The summed E-state index contributed by atoms with van der Waals surface area (Å²) in [5.74, 6) is 0.805. The second-order valence-electron chi connectivity index (χ2n) is 17.5. The Hall–Kier alpha value is -1.59. The summed E-state index contributed by atoms with van der Waals surface area (Å²) in [5.41, 5.74) is 0. The van der Waals surface area contributed by atoms with E-state index in [4.69, 9.17) is 14.2 Å². The van der Waals surface area contributed by atoms with E-state index >= 15 is 0 Å². The van der Waals surface area contributed by atoms with Gasteiger partial charge in [-0.25, -0.2) is 0 Å². The van der Waals surface area contributed by atoms with E-state index < -0.39 is 6.10 Å². The van der Waals surface area contributed by atoms with Gasteiger partial charge in [0.2, 0.25) is 0 Å². The van der Waals surface area contributed by atoms with E-state index in [0.717, 1.165) is 69.6 Å². The molecule has 0 rings (SSSR count). The molecule has 0 spiro atoms. The quantitative estimate of drug-likeness (QED) is 0.0348. The Kier molecular flexibility index (Phi) is 40.8. The third kappa shape index (κ3) is 41.9. The Labute approximate surface area is 342 Å². The van der Waals surface area contributed by atoms with Crippen molar-refractivity contribution < 1.29 is 28.6 Å². The van der Waals surface area contributed by atoms with Crippen LogP contribution in [-0.4, -0.2) is 37.2 Å². The molecule has 55 heavy (non-hydrogen) atoms. The maximum atomic E-state index is 12.7. The van der Waals surface area contributed by atoms with Crippen molar-refractivity contribution in [3.05, 3.63) is 0 Å². The van der Waals surface area contributed by atoms with Crippen molar-refractivity contribution in [2.75, 3.05) is 13.2 Å². The Morgan fingerprint density at radius 1 is 0.382 bits per heavy atom.